The molecule has 0 aliphatic heterocycles. The lowest BCUT2D eigenvalue weighted by Crippen LogP contribution is -2.14. The minimum atomic E-state index is -4.56. The molecule has 0 spiro atoms. The van der Waals surface area contributed by atoms with Gasteiger partial charge in [-0.3, -0.25) is 0 Å². The highest BCUT2D eigenvalue weighted by Gasteiger charge is 2.31. The summed E-state index contributed by atoms with van der Waals surface area (Å²) in [5.41, 5.74) is -1.26. The standard InChI is InChI=1S/C12H14F3NO3/c1-2-19-6-5-16-10-4-3-8(12(13,14)15)7-9(10)11(17)18/h3-4,7,16H,2,5-6H2,1H3,(H,17,18). The molecule has 0 fully saturated rings. The summed E-state index contributed by atoms with van der Waals surface area (Å²) >= 11 is 0. The third-order valence-electron chi connectivity index (χ3n) is 2.34. The van der Waals surface area contributed by atoms with Crippen LogP contribution in [-0.4, -0.2) is 30.8 Å². The van der Waals surface area contributed by atoms with Crippen LogP contribution in [0, 0.1) is 0 Å². The average molecular weight is 277 g/mol. The van der Waals surface area contributed by atoms with Gasteiger partial charge in [0.2, 0.25) is 0 Å². The van der Waals surface area contributed by atoms with Crippen molar-refractivity contribution >= 4 is 11.7 Å². The van der Waals surface area contributed by atoms with Crippen LogP contribution >= 0.6 is 0 Å². The van der Waals surface area contributed by atoms with Crippen molar-refractivity contribution in [3.05, 3.63) is 29.3 Å². The monoisotopic (exact) mass is 277 g/mol. The molecule has 1 aromatic carbocycles. The van der Waals surface area contributed by atoms with Crippen LogP contribution in [0.5, 0.6) is 0 Å². The maximum absolute atomic E-state index is 12.5. The Bertz CT molecular complexity index is 446. The zero-order chi connectivity index (χ0) is 14.5. The van der Waals surface area contributed by atoms with Crippen LogP contribution < -0.4 is 5.32 Å². The molecular formula is C12H14F3NO3. The number of hydrogen-bond donors (Lipinski definition) is 2. The van der Waals surface area contributed by atoms with E-state index in [0.717, 1.165) is 12.1 Å². The number of carboxylic acid groups (broad SMARTS) is 1. The Balaban J connectivity index is 2.90. The van der Waals surface area contributed by atoms with E-state index in [-0.39, 0.29) is 5.69 Å². The van der Waals surface area contributed by atoms with Crippen molar-refractivity contribution in [2.24, 2.45) is 0 Å². The Morgan fingerprint density at radius 2 is 2.11 bits per heavy atom. The Morgan fingerprint density at radius 1 is 1.42 bits per heavy atom. The van der Waals surface area contributed by atoms with E-state index in [0.29, 0.717) is 25.8 Å². The van der Waals surface area contributed by atoms with Crippen molar-refractivity contribution in [3.63, 3.8) is 0 Å². The molecular weight excluding hydrogens is 263 g/mol. The molecule has 0 heterocycles. The summed E-state index contributed by atoms with van der Waals surface area (Å²) in [5.74, 6) is -1.41. The number of carbonyl (C=O) groups is 1. The molecule has 0 amide bonds. The van der Waals surface area contributed by atoms with Crippen molar-refractivity contribution in [1.29, 1.82) is 0 Å². The number of aromatic carboxylic acids is 1. The summed E-state index contributed by atoms with van der Waals surface area (Å²) in [6.07, 6.45) is -4.56. The summed E-state index contributed by atoms with van der Waals surface area (Å²) in [6, 6.07) is 2.57. The van der Waals surface area contributed by atoms with Gasteiger partial charge in [-0.2, -0.15) is 13.2 Å². The molecule has 7 heteroatoms. The second-order valence-electron chi connectivity index (χ2n) is 3.69. The number of ether oxygens (including phenoxy) is 1. The second kappa shape index (κ2) is 6.42. The van der Waals surface area contributed by atoms with Gasteiger partial charge in [0.05, 0.1) is 17.7 Å². The zero-order valence-electron chi connectivity index (χ0n) is 10.3. The minimum absolute atomic E-state index is 0.139. The lowest BCUT2D eigenvalue weighted by Gasteiger charge is -2.12. The van der Waals surface area contributed by atoms with Gasteiger partial charge in [0.15, 0.2) is 0 Å². The SMILES string of the molecule is CCOCCNc1ccc(C(F)(F)F)cc1C(=O)O. The van der Waals surface area contributed by atoms with Crippen LogP contribution in [-0.2, 0) is 10.9 Å². The van der Waals surface area contributed by atoms with E-state index in [1.54, 1.807) is 6.92 Å². The molecule has 0 atom stereocenters. The fourth-order valence-electron chi connectivity index (χ4n) is 1.45. The maximum Gasteiger partial charge on any atom is 0.416 e. The third-order valence-corrected chi connectivity index (χ3v) is 2.34. The van der Waals surface area contributed by atoms with Gasteiger partial charge in [-0.1, -0.05) is 0 Å². The summed E-state index contributed by atoms with van der Waals surface area (Å²) < 4.78 is 42.5. The Kier molecular flexibility index (Phi) is 5.17. The molecule has 19 heavy (non-hydrogen) atoms. The van der Waals surface area contributed by atoms with Crippen LogP contribution in [0.25, 0.3) is 0 Å². The van der Waals surface area contributed by atoms with Crippen LogP contribution in [0.2, 0.25) is 0 Å². The molecule has 106 valence electrons. The largest absolute Gasteiger partial charge is 0.478 e. The van der Waals surface area contributed by atoms with E-state index in [2.05, 4.69) is 5.32 Å². The molecule has 1 aromatic rings. The fourth-order valence-corrected chi connectivity index (χ4v) is 1.45. The van der Waals surface area contributed by atoms with Gasteiger partial charge >= 0.3 is 12.1 Å². The van der Waals surface area contributed by atoms with E-state index >= 15 is 0 Å². The van der Waals surface area contributed by atoms with Crippen molar-refractivity contribution in [2.45, 2.75) is 13.1 Å². The van der Waals surface area contributed by atoms with Gasteiger partial charge < -0.3 is 15.2 Å². The lowest BCUT2D eigenvalue weighted by molar-refractivity contribution is -0.137. The van der Waals surface area contributed by atoms with Crippen LogP contribution in [0.1, 0.15) is 22.8 Å². The van der Waals surface area contributed by atoms with Crippen LogP contribution in [0.15, 0.2) is 18.2 Å². The van der Waals surface area contributed by atoms with Gasteiger partial charge in [-0.25, -0.2) is 4.79 Å². The first-order chi connectivity index (χ1) is 8.86. The molecule has 0 unspecified atom stereocenters. The van der Waals surface area contributed by atoms with E-state index in [1.165, 1.54) is 0 Å². The number of halogens is 3. The van der Waals surface area contributed by atoms with Gasteiger partial charge in [0.25, 0.3) is 0 Å². The first-order valence-electron chi connectivity index (χ1n) is 5.62. The number of benzene rings is 1. The topological polar surface area (TPSA) is 58.6 Å². The van der Waals surface area contributed by atoms with Gasteiger partial charge in [-0.15, -0.1) is 0 Å². The van der Waals surface area contributed by atoms with Gasteiger partial charge in [-0.05, 0) is 25.1 Å². The molecule has 0 bridgehead atoms. The molecule has 0 aliphatic carbocycles. The zero-order valence-corrected chi connectivity index (χ0v) is 10.3. The Labute approximate surface area is 108 Å². The van der Waals surface area contributed by atoms with Crippen molar-refractivity contribution < 1.29 is 27.8 Å². The van der Waals surface area contributed by atoms with Crippen LogP contribution in [0.4, 0.5) is 18.9 Å². The smallest absolute Gasteiger partial charge is 0.416 e. The molecule has 0 aromatic heterocycles. The normalized spacial score (nSPS) is 11.4. The number of nitrogens with one attached hydrogen (secondary N) is 1. The van der Waals surface area contributed by atoms with Crippen molar-refractivity contribution in [3.8, 4) is 0 Å². The quantitative estimate of drug-likeness (QED) is 0.785. The summed E-state index contributed by atoms with van der Waals surface area (Å²) in [7, 11) is 0. The van der Waals surface area contributed by atoms with E-state index in [9.17, 15) is 18.0 Å². The number of alkyl halides is 3. The summed E-state index contributed by atoms with van der Waals surface area (Å²) in [4.78, 5) is 11.0. The average Bonchev–Trinajstić information content (AvgIpc) is 2.33. The maximum atomic E-state index is 12.5. The van der Waals surface area contributed by atoms with E-state index in [4.69, 9.17) is 9.84 Å². The third kappa shape index (κ3) is 4.44. The van der Waals surface area contributed by atoms with Gasteiger partial charge in [0.1, 0.15) is 0 Å². The predicted octanol–water partition coefficient (Wildman–Crippen LogP) is 2.85. The van der Waals surface area contributed by atoms with Crippen molar-refractivity contribution in [2.75, 3.05) is 25.1 Å². The summed E-state index contributed by atoms with van der Waals surface area (Å²) in [5, 5.41) is 11.7. The Hall–Kier alpha value is -1.76. The highest BCUT2D eigenvalue weighted by molar-refractivity contribution is 5.94. The second-order valence-corrected chi connectivity index (χ2v) is 3.69. The van der Waals surface area contributed by atoms with Crippen LogP contribution in [0.3, 0.4) is 0 Å². The van der Waals surface area contributed by atoms with E-state index in [1.807, 2.05) is 0 Å². The molecule has 0 saturated heterocycles. The van der Waals surface area contributed by atoms with Crippen molar-refractivity contribution in [1.82, 2.24) is 0 Å². The lowest BCUT2D eigenvalue weighted by atomic mass is 10.1. The molecule has 0 radical (unpaired) electrons. The molecule has 4 nitrogen and oxygen atoms in total. The number of anilines is 1. The molecule has 0 aliphatic rings. The van der Waals surface area contributed by atoms with E-state index < -0.39 is 23.3 Å². The Morgan fingerprint density at radius 3 is 2.63 bits per heavy atom. The number of rotatable bonds is 6. The predicted molar refractivity (Wildman–Crippen MR) is 63.4 cm³/mol. The number of hydrogen-bond acceptors (Lipinski definition) is 3. The highest BCUT2D eigenvalue weighted by atomic mass is 19.4. The highest BCUT2D eigenvalue weighted by Crippen LogP contribution is 2.31. The van der Waals surface area contributed by atoms with Gasteiger partial charge in [0, 0.05) is 18.8 Å². The number of carboxylic acids is 1. The first kappa shape index (κ1) is 15.3. The molecule has 1 rings (SSSR count). The summed E-state index contributed by atoms with van der Waals surface area (Å²) in [6.45, 7) is 2.98. The minimum Gasteiger partial charge on any atom is -0.478 e. The fraction of sp³-hybridized carbons (Fsp3) is 0.417. The first-order valence-corrected chi connectivity index (χ1v) is 5.62. The molecule has 0 saturated carbocycles. The molecule has 2 N–H and O–H groups in total.